The quantitative estimate of drug-likeness (QED) is 0.578. The highest BCUT2D eigenvalue weighted by molar-refractivity contribution is 7.89. The first kappa shape index (κ1) is 20.5. The number of hydrogen-bond donors (Lipinski definition) is 2. The van der Waals surface area contributed by atoms with Gasteiger partial charge in [-0.15, -0.1) is 0 Å². The Labute approximate surface area is 168 Å². The van der Waals surface area contributed by atoms with Crippen molar-refractivity contribution in [1.29, 1.82) is 0 Å². The van der Waals surface area contributed by atoms with E-state index < -0.39 is 15.9 Å². The van der Waals surface area contributed by atoms with E-state index in [0.29, 0.717) is 22.6 Å². The number of carbonyl (C=O) groups excluding carboxylic acids is 2. The van der Waals surface area contributed by atoms with Crippen LogP contribution in [0.5, 0.6) is 0 Å². The van der Waals surface area contributed by atoms with Crippen molar-refractivity contribution in [2.75, 3.05) is 5.32 Å². The van der Waals surface area contributed by atoms with E-state index in [1.54, 1.807) is 49.4 Å². The molecule has 0 saturated carbocycles. The summed E-state index contributed by atoms with van der Waals surface area (Å²) in [6, 6.07) is 14.2. The van der Waals surface area contributed by atoms with E-state index in [9.17, 15) is 18.0 Å². The van der Waals surface area contributed by atoms with Gasteiger partial charge in [0.05, 0.1) is 17.7 Å². The Balaban J connectivity index is 1.78. The molecule has 3 rings (SSSR count). The maximum atomic E-state index is 12.7. The number of hydrogen-bond acceptors (Lipinski definition) is 5. The van der Waals surface area contributed by atoms with Gasteiger partial charge in [-0.1, -0.05) is 6.07 Å². The summed E-state index contributed by atoms with van der Waals surface area (Å²) >= 11 is 0. The van der Waals surface area contributed by atoms with Crippen LogP contribution in [0.15, 0.2) is 70.2 Å². The van der Waals surface area contributed by atoms with Crippen molar-refractivity contribution >= 4 is 27.4 Å². The number of Topliss-reactive ketones (excluding diaryl/α,β-unsaturated/α-hetero) is 1. The minimum atomic E-state index is -3.82. The van der Waals surface area contributed by atoms with Gasteiger partial charge in [0.1, 0.15) is 5.76 Å². The van der Waals surface area contributed by atoms with Crippen LogP contribution in [0.4, 0.5) is 5.69 Å². The molecule has 0 fully saturated rings. The minimum Gasteiger partial charge on any atom is -0.468 e. The largest absolute Gasteiger partial charge is 0.468 e. The Kier molecular flexibility index (Phi) is 5.95. The van der Waals surface area contributed by atoms with E-state index in [4.69, 9.17) is 4.42 Å². The third kappa shape index (κ3) is 4.98. The standard InChI is InChI=1S/C21H20N2O5S/c1-14-5-10-19(29(26,27)22-13-18-4-3-11-28-18)12-20(14)21(25)23-17-8-6-16(7-9-17)15(2)24/h3-12,22H,13H2,1-2H3,(H,23,25). The van der Waals surface area contributed by atoms with Crippen LogP contribution >= 0.6 is 0 Å². The maximum Gasteiger partial charge on any atom is 0.255 e. The molecule has 2 aromatic carbocycles. The maximum absolute atomic E-state index is 12.7. The fourth-order valence-corrected chi connectivity index (χ4v) is 3.68. The van der Waals surface area contributed by atoms with Gasteiger partial charge in [0.2, 0.25) is 10.0 Å². The zero-order chi connectivity index (χ0) is 21.0. The monoisotopic (exact) mass is 412 g/mol. The average Bonchev–Trinajstić information content (AvgIpc) is 3.21. The molecule has 0 radical (unpaired) electrons. The molecule has 150 valence electrons. The Bertz CT molecular complexity index is 1130. The number of amides is 1. The Morgan fingerprint density at radius 2 is 1.76 bits per heavy atom. The highest BCUT2D eigenvalue weighted by Gasteiger charge is 2.18. The second kappa shape index (κ2) is 8.42. The van der Waals surface area contributed by atoms with Crippen molar-refractivity contribution in [2.24, 2.45) is 0 Å². The second-order valence-electron chi connectivity index (χ2n) is 6.47. The normalized spacial score (nSPS) is 11.2. The first-order valence-electron chi connectivity index (χ1n) is 8.81. The summed E-state index contributed by atoms with van der Waals surface area (Å²) < 4.78 is 32.7. The molecule has 1 amide bonds. The molecular weight excluding hydrogens is 392 g/mol. The number of furan rings is 1. The fourth-order valence-electron chi connectivity index (χ4n) is 2.66. The number of benzene rings is 2. The molecule has 0 saturated heterocycles. The molecule has 0 aliphatic heterocycles. The molecule has 0 aliphatic rings. The lowest BCUT2D eigenvalue weighted by Crippen LogP contribution is -2.24. The first-order valence-corrected chi connectivity index (χ1v) is 10.3. The fraction of sp³-hybridized carbons (Fsp3) is 0.143. The zero-order valence-corrected chi connectivity index (χ0v) is 16.7. The molecule has 0 unspecified atom stereocenters. The molecule has 0 atom stereocenters. The molecule has 0 bridgehead atoms. The van der Waals surface area contributed by atoms with Gasteiger partial charge in [-0.3, -0.25) is 9.59 Å². The number of aryl methyl sites for hydroxylation is 1. The molecule has 2 N–H and O–H groups in total. The molecule has 1 heterocycles. The molecule has 7 nitrogen and oxygen atoms in total. The van der Waals surface area contributed by atoms with Crippen LogP contribution in [0.25, 0.3) is 0 Å². The lowest BCUT2D eigenvalue weighted by molar-refractivity contribution is 0.101. The molecule has 3 aromatic rings. The summed E-state index contributed by atoms with van der Waals surface area (Å²) in [4.78, 5) is 24.0. The average molecular weight is 412 g/mol. The van der Waals surface area contributed by atoms with Gasteiger partial charge in [-0.2, -0.15) is 0 Å². The molecule has 8 heteroatoms. The molecule has 1 aromatic heterocycles. The molecule has 0 aliphatic carbocycles. The highest BCUT2D eigenvalue weighted by Crippen LogP contribution is 2.18. The third-order valence-electron chi connectivity index (χ3n) is 4.33. The van der Waals surface area contributed by atoms with E-state index in [-0.39, 0.29) is 22.8 Å². The Hall–Kier alpha value is -3.23. The number of carbonyl (C=O) groups is 2. The summed E-state index contributed by atoms with van der Waals surface area (Å²) in [5.74, 6) is -0.0347. The predicted molar refractivity (Wildman–Crippen MR) is 108 cm³/mol. The lowest BCUT2D eigenvalue weighted by Gasteiger charge is -2.11. The number of rotatable bonds is 7. The zero-order valence-electron chi connectivity index (χ0n) is 15.9. The number of sulfonamides is 1. The van der Waals surface area contributed by atoms with E-state index >= 15 is 0 Å². The van der Waals surface area contributed by atoms with Crippen molar-refractivity contribution in [3.8, 4) is 0 Å². The van der Waals surface area contributed by atoms with Crippen LogP contribution in [0.1, 0.15) is 39.0 Å². The first-order chi connectivity index (χ1) is 13.8. The number of nitrogens with one attached hydrogen (secondary N) is 2. The number of anilines is 1. The van der Waals surface area contributed by atoms with Crippen molar-refractivity contribution in [1.82, 2.24) is 4.72 Å². The smallest absolute Gasteiger partial charge is 0.255 e. The van der Waals surface area contributed by atoms with Crippen molar-refractivity contribution in [3.05, 3.63) is 83.3 Å². The van der Waals surface area contributed by atoms with Crippen LogP contribution in [-0.4, -0.2) is 20.1 Å². The Morgan fingerprint density at radius 3 is 2.38 bits per heavy atom. The summed E-state index contributed by atoms with van der Waals surface area (Å²) in [5, 5.41) is 2.72. The second-order valence-corrected chi connectivity index (χ2v) is 8.24. The van der Waals surface area contributed by atoms with Gasteiger partial charge in [0.25, 0.3) is 5.91 Å². The van der Waals surface area contributed by atoms with Crippen LogP contribution in [0.3, 0.4) is 0 Å². The highest BCUT2D eigenvalue weighted by atomic mass is 32.2. The lowest BCUT2D eigenvalue weighted by atomic mass is 10.1. The molecule has 29 heavy (non-hydrogen) atoms. The van der Waals surface area contributed by atoms with Crippen molar-refractivity contribution in [3.63, 3.8) is 0 Å². The molecular formula is C21H20N2O5S. The van der Waals surface area contributed by atoms with Crippen LogP contribution < -0.4 is 10.0 Å². The van der Waals surface area contributed by atoms with Gasteiger partial charge in [0, 0.05) is 16.8 Å². The number of ketones is 1. The Morgan fingerprint density at radius 1 is 1.03 bits per heavy atom. The van der Waals surface area contributed by atoms with Gasteiger partial charge < -0.3 is 9.73 Å². The van der Waals surface area contributed by atoms with Crippen LogP contribution in [-0.2, 0) is 16.6 Å². The van der Waals surface area contributed by atoms with E-state index in [0.717, 1.165) is 0 Å². The van der Waals surface area contributed by atoms with Crippen LogP contribution in [0.2, 0.25) is 0 Å². The third-order valence-corrected chi connectivity index (χ3v) is 5.73. The summed E-state index contributed by atoms with van der Waals surface area (Å²) in [5.41, 5.74) is 1.91. The minimum absolute atomic E-state index is 0.00718. The predicted octanol–water partition coefficient (Wildman–Crippen LogP) is 3.52. The van der Waals surface area contributed by atoms with E-state index in [1.807, 2.05) is 0 Å². The SMILES string of the molecule is CC(=O)c1ccc(NC(=O)c2cc(S(=O)(=O)NCc3ccco3)ccc2C)cc1. The topological polar surface area (TPSA) is 105 Å². The van der Waals surface area contributed by atoms with Gasteiger partial charge >= 0.3 is 0 Å². The van der Waals surface area contributed by atoms with Gasteiger partial charge in [-0.05, 0) is 67.9 Å². The van der Waals surface area contributed by atoms with Gasteiger partial charge in [-0.25, -0.2) is 13.1 Å². The van der Waals surface area contributed by atoms with E-state index in [2.05, 4.69) is 10.0 Å². The van der Waals surface area contributed by atoms with E-state index in [1.165, 1.54) is 25.3 Å². The van der Waals surface area contributed by atoms with Crippen molar-refractivity contribution in [2.45, 2.75) is 25.3 Å². The van der Waals surface area contributed by atoms with Crippen molar-refractivity contribution < 1.29 is 22.4 Å². The summed E-state index contributed by atoms with van der Waals surface area (Å²) in [7, 11) is -3.82. The van der Waals surface area contributed by atoms with Gasteiger partial charge in [0.15, 0.2) is 5.78 Å². The van der Waals surface area contributed by atoms with Crippen LogP contribution in [0, 0.1) is 6.92 Å². The summed E-state index contributed by atoms with van der Waals surface area (Å²) in [6.07, 6.45) is 1.46. The molecule has 0 spiro atoms. The summed E-state index contributed by atoms with van der Waals surface area (Å²) in [6.45, 7) is 3.19.